The normalized spacial score (nSPS) is 33.6. The van der Waals surface area contributed by atoms with Crippen molar-refractivity contribution in [2.45, 2.75) is 45.4 Å². The van der Waals surface area contributed by atoms with E-state index in [9.17, 15) is 0 Å². The Morgan fingerprint density at radius 3 is 2.60 bits per heavy atom. The number of rotatable bonds is 2. The van der Waals surface area contributed by atoms with Crippen LogP contribution in [-0.4, -0.2) is 24.8 Å². The van der Waals surface area contributed by atoms with Crippen molar-refractivity contribution < 1.29 is 4.74 Å². The predicted octanol–water partition coefficient (Wildman–Crippen LogP) is 1.16. The van der Waals surface area contributed by atoms with Crippen molar-refractivity contribution in [2.75, 3.05) is 6.54 Å². The van der Waals surface area contributed by atoms with Crippen LogP contribution in [0, 0.1) is 0 Å². The first kappa shape index (κ1) is 8.02. The summed E-state index contributed by atoms with van der Waals surface area (Å²) in [6.07, 6.45) is 1.99. The summed E-state index contributed by atoms with van der Waals surface area (Å²) in [6.45, 7) is 7.40. The Kier molecular flexibility index (Phi) is 2.69. The summed E-state index contributed by atoms with van der Waals surface area (Å²) in [5, 5.41) is 3.35. The summed E-state index contributed by atoms with van der Waals surface area (Å²) in [4.78, 5) is 0. The van der Waals surface area contributed by atoms with Gasteiger partial charge in [-0.3, -0.25) is 0 Å². The Bertz CT molecular complexity index is 103. The second kappa shape index (κ2) is 3.35. The Morgan fingerprint density at radius 1 is 1.50 bits per heavy atom. The second-order valence-electron chi connectivity index (χ2n) is 3.35. The standard InChI is InChI=1S/C8H17NO/c1-6(2)10-8-4-7(3)9-5-8/h6-9H,4-5H2,1-3H3/t7-,8+/m1/s1. The van der Waals surface area contributed by atoms with Crippen LogP contribution in [-0.2, 0) is 4.74 Å². The molecular formula is C8H17NO. The molecule has 10 heavy (non-hydrogen) atoms. The molecule has 0 radical (unpaired) electrons. The maximum Gasteiger partial charge on any atom is 0.0717 e. The molecule has 2 atom stereocenters. The molecule has 2 nitrogen and oxygen atoms in total. The van der Waals surface area contributed by atoms with Crippen molar-refractivity contribution in [1.82, 2.24) is 5.32 Å². The van der Waals surface area contributed by atoms with Crippen LogP contribution in [0.2, 0.25) is 0 Å². The minimum Gasteiger partial charge on any atom is -0.374 e. The van der Waals surface area contributed by atoms with Crippen molar-refractivity contribution in [3.63, 3.8) is 0 Å². The molecule has 0 amide bonds. The van der Waals surface area contributed by atoms with Crippen LogP contribution in [0.25, 0.3) is 0 Å². The number of hydrogen-bond donors (Lipinski definition) is 1. The lowest BCUT2D eigenvalue weighted by Crippen LogP contribution is -2.21. The zero-order valence-corrected chi connectivity index (χ0v) is 7.05. The van der Waals surface area contributed by atoms with E-state index in [0.29, 0.717) is 18.2 Å². The third-order valence-electron chi connectivity index (χ3n) is 1.78. The van der Waals surface area contributed by atoms with Gasteiger partial charge in [0.15, 0.2) is 0 Å². The molecule has 1 rings (SSSR count). The van der Waals surface area contributed by atoms with E-state index in [4.69, 9.17) is 4.74 Å². The van der Waals surface area contributed by atoms with Gasteiger partial charge in [-0.05, 0) is 27.2 Å². The van der Waals surface area contributed by atoms with E-state index in [2.05, 4.69) is 26.1 Å². The maximum absolute atomic E-state index is 5.62. The van der Waals surface area contributed by atoms with Crippen LogP contribution in [0.5, 0.6) is 0 Å². The lowest BCUT2D eigenvalue weighted by atomic mass is 10.2. The van der Waals surface area contributed by atoms with Gasteiger partial charge in [0.2, 0.25) is 0 Å². The molecule has 1 aliphatic heterocycles. The fourth-order valence-corrected chi connectivity index (χ4v) is 1.38. The van der Waals surface area contributed by atoms with E-state index in [-0.39, 0.29) is 0 Å². The van der Waals surface area contributed by atoms with Gasteiger partial charge in [-0.1, -0.05) is 0 Å². The lowest BCUT2D eigenvalue weighted by Gasteiger charge is -2.13. The third kappa shape index (κ3) is 2.27. The average molecular weight is 143 g/mol. The summed E-state index contributed by atoms with van der Waals surface area (Å²) >= 11 is 0. The van der Waals surface area contributed by atoms with Crippen molar-refractivity contribution in [2.24, 2.45) is 0 Å². The van der Waals surface area contributed by atoms with Gasteiger partial charge in [0.05, 0.1) is 12.2 Å². The van der Waals surface area contributed by atoms with E-state index in [0.717, 1.165) is 13.0 Å². The first-order chi connectivity index (χ1) is 4.68. The molecule has 0 saturated carbocycles. The highest BCUT2D eigenvalue weighted by Gasteiger charge is 2.21. The van der Waals surface area contributed by atoms with Crippen LogP contribution in [0.15, 0.2) is 0 Å². The molecule has 1 fully saturated rings. The number of hydrogen-bond acceptors (Lipinski definition) is 2. The molecule has 0 spiro atoms. The molecule has 2 heteroatoms. The molecule has 1 N–H and O–H groups in total. The summed E-state index contributed by atoms with van der Waals surface area (Å²) < 4.78 is 5.62. The average Bonchev–Trinajstić information content (AvgIpc) is 2.13. The predicted molar refractivity (Wildman–Crippen MR) is 42.1 cm³/mol. The van der Waals surface area contributed by atoms with Gasteiger partial charge in [0.1, 0.15) is 0 Å². The highest BCUT2D eigenvalue weighted by atomic mass is 16.5. The topological polar surface area (TPSA) is 21.3 Å². The van der Waals surface area contributed by atoms with Crippen molar-refractivity contribution in [1.29, 1.82) is 0 Å². The van der Waals surface area contributed by atoms with Gasteiger partial charge in [0.25, 0.3) is 0 Å². The fourth-order valence-electron chi connectivity index (χ4n) is 1.38. The molecule has 60 valence electrons. The zero-order valence-electron chi connectivity index (χ0n) is 7.05. The molecule has 0 bridgehead atoms. The molecule has 0 unspecified atom stereocenters. The summed E-state index contributed by atoms with van der Waals surface area (Å²) in [5.41, 5.74) is 0. The van der Waals surface area contributed by atoms with Gasteiger partial charge in [-0.2, -0.15) is 0 Å². The second-order valence-corrected chi connectivity index (χ2v) is 3.35. The van der Waals surface area contributed by atoms with Crippen molar-refractivity contribution in [3.05, 3.63) is 0 Å². The molecule has 0 aromatic heterocycles. The summed E-state index contributed by atoms with van der Waals surface area (Å²) in [6, 6.07) is 0.642. The Hall–Kier alpha value is -0.0800. The van der Waals surface area contributed by atoms with Gasteiger partial charge < -0.3 is 10.1 Å². The highest BCUT2D eigenvalue weighted by Crippen LogP contribution is 2.11. The minimum atomic E-state index is 0.372. The lowest BCUT2D eigenvalue weighted by molar-refractivity contribution is 0.0189. The van der Waals surface area contributed by atoms with Gasteiger partial charge in [0, 0.05) is 12.6 Å². The first-order valence-corrected chi connectivity index (χ1v) is 4.07. The molecule has 1 heterocycles. The fraction of sp³-hybridized carbons (Fsp3) is 1.00. The van der Waals surface area contributed by atoms with Crippen LogP contribution >= 0.6 is 0 Å². The van der Waals surface area contributed by atoms with Crippen LogP contribution in [0.3, 0.4) is 0 Å². The van der Waals surface area contributed by atoms with Crippen LogP contribution in [0.4, 0.5) is 0 Å². The molecule has 1 aliphatic rings. The van der Waals surface area contributed by atoms with Gasteiger partial charge in [-0.25, -0.2) is 0 Å². The quantitative estimate of drug-likeness (QED) is 0.626. The molecular weight excluding hydrogens is 126 g/mol. The number of nitrogens with one attached hydrogen (secondary N) is 1. The van der Waals surface area contributed by atoms with Gasteiger partial charge >= 0.3 is 0 Å². The number of ether oxygens (including phenoxy) is 1. The van der Waals surface area contributed by atoms with E-state index in [1.54, 1.807) is 0 Å². The summed E-state index contributed by atoms with van der Waals surface area (Å²) in [7, 11) is 0. The monoisotopic (exact) mass is 143 g/mol. The highest BCUT2D eigenvalue weighted by molar-refractivity contribution is 4.78. The molecule has 0 aromatic rings. The smallest absolute Gasteiger partial charge is 0.0717 e. The van der Waals surface area contributed by atoms with Crippen molar-refractivity contribution >= 4 is 0 Å². The first-order valence-electron chi connectivity index (χ1n) is 4.07. The molecule has 1 saturated heterocycles. The Labute approximate surface area is 63.0 Å². The molecule has 0 aliphatic carbocycles. The van der Waals surface area contributed by atoms with E-state index in [1.165, 1.54) is 0 Å². The Morgan fingerprint density at radius 2 is 2.20 bits per heavy atom. The van der Waals surface area contributed by atoms with Crippen molar-refractivity contribution in [3.8, 4) is 0 Å². The van der Waals surface area contributed by atoms with Crippen LogP contribution in [0.1, 0.15) is 27.2 Å². The Balaban J connectivity index is 2.18. The maximum atomic E-state index is 5.62. The van der Waals surface area contributed by atoms with E-state index < -0.39 is 0 Å². The van der Waals surface area contributed by atoms with E-state index in [1.807, 2.05) is 0 Å². The zero-order chi connectivity index (χ0) is 7.56. The third-order valence-corrected chi connectivity index (χ3v) is 1.78. The van der Waals surface area contributed by atoms with Gasteiger partial charge in [-0.15, -0.1) is 0 Å². The van der Waals surface area contributed by atoms with E-state index >= 15 is 0 Å². The largest absolute Gasteiger partial charge is 0.374 e. The molecule has 0 aromatic carbocycles. The van der Waals surface area contributed by atoms with Crippen LogP contribution < -0.4 is 5.32 Å². The summed E-state index contributed by atoms with van der Waals surface area (Å²) in [5.74, 6) is 0. The minimum absolute atomic E-state index is 0.372. The SMILES string of the molecule is CC(C)O[C@@H]1CN[C@H](C)C1.